The van der Waals surface area contributed by atoms with Gasteiger partial charge in [-0.05, 0) is 24.6 Å². The van der Waals surface area contributed by atoms with Gasteiger partial charge in [0.05, 0.1) is 18.8 Å². The van der Waals surface area contributed by atoms with E-state index in [2.05, 4.69) is 51.2 Å². The molecule has 0 amide bonds. The zero-order chi connectivity index (χ0) is 15.4. The molecule has 0 N–H and O–H groups in total. The van der Waals surface area contributed by atoms with E-state index >= 15 is 0 Å². The monoisotopic (exact) mass is 289 g/mol. The molecule has 0 atom stereocenters. The van der Waals surface area contributed by atoms with Gasteiger partial charge in [0.1, 0.15) is 12.7 Å². The van der Waals surface area contributed by atoms with Gasteiger partial charge in [-0.1, -0.05) is 42.0 Å². The van der Waals surface area contributed by atoms with Crippen LogP contribution < -0.4 is 5.01 Å². The highest BCUT2D eigenvalue weighted by Crippen LogP contribution is 2.22. The lowest BCUT2D eigenvalue weighted by Gasteiger charge is -2.25. The summed E-state index contributed by atoms with van der Waals surface area (Å²) >= 11 is 0. The van der Waals surface area contributed by atoms with Crippen molar-refractivity contribution in [2.75, 3.05) is 5.01 Å². The summed E-state index contributed by atoms with van der Waals surface area (Å²) in [4.78, 5) is 3.43. The average Bonchev–Trinajstić information content (AvgIpc) is 3.07. The molecule has 1 aromatic heterocycles. The molecular weight excluding hydrogens is 274 g/mol. The molecule has 0 spiro atoms. The number of aryl methyl sites for hydroxylation is 1. The number of benzene rings is 2. The van der Waals surface area contributed by atoms with E-state index in [0.29, 0.717) is 12.2 Å². The highest BCUT2D eigenvalue weighted by atomic mass is 15.6. The summed E-state index contributed by atoms with van der Waals surface area (Å²) in [7, 11) is 0. The minimum atomic E-state index is 0.628. The molecule has 108 valence electrons. The fourth-order valence-corrected chi connectivity index (χ4v) is 2.31. The van der Waals surface area contributed by atoms with E-state index in [4.69, 9.17) is 6.57 Å². The van der Waals surface area contributed by atoms with Gasteiger partial charge in [0.15, 0.2) is 5.69 Å². The molecule has 22 heavy (non-hydrogen) atoms. The van der Waals surface area contributed by atoms with E-state index in [1.54, 1.807) is 12.7 Å². The average molecular weight is 289 g/mol. The lowest BCUT2D eigenvalue weighted by atomic mass is 10.1. The van der Waals surface area contributed by atoms with Gasteiger partial charge in [-0.25, -0.2) is 9.52 Å². The summed E-state index contributed by atoms with van der Waals surface area (Å²) in [5, 5.41) is 9.83. The molecule has 0 aliphatic carbocycles. The van der Waals surface area contributed by atoms with E-state index < -0.39 is 0 Å². The molecule has 5 heteroatoms. The van der Waals surface area contributed by atoms with Gasteiger partial charge >= 0.3 is 0 Å². The van der Waals surface area contributed by atoms with Gasteiger partial charge in [0.25, 0.3) is 0 Å². The van der Waals surface area contributed by atoms with E-state index in [9.17, 15) is 0 Å². The second-order valence-corrected chi connectivity index (χ2v) is 5.02. The number of rotatable bonds is 4. The number of anilines is 1. The van der Waals surface area contributed by atoms with Crippen LogP contribution in [0.1, 0.15) is 11.1 Å². The normalized spacial score (nSPS) is 10.2. The molecule has 1 heterocycles. The van der Waals surface area contributed by atoms with Gasteiger partial charge in [-0.15, -0.1) is 10.2 Å². The first kappa shape index (κ1) is 13.8. The van der Waals surface area contributed by atoms with Crippen molar-refractivity contribution in [2.24, 2.45) is 0 Å². The van der Waals surface area contributed by atoms with Crippen molar-refractivity contribution in [3.8, 4) is 0 Å². The lowest BCUT2D eigenvalue weighted by Crippen LogP contribution is -2.27. The second kappa shape index (κ2) is 6.10. The van der Waals surface area contributed by atoms with Crippen LogP contribution in [0.15, 0.2) is 61.2 Å². The van der Waals surface area contributed by atoms with Gasteiger partial charge in [0, 0.05) is 0 Å². The Balaban J connectivity index is 1.95. The Morgan fingerprint density at radius 3 is 2.45 bits per heavy atom. The Kier molecular flexibility index (Phi) is 3.84. The molecule has 3 rings (SSSR count). The summed E-state index contributed by atoms with van der Waals surface area (Å²) < 4.78 is 1.84. The number of nitrogens with zero attached hydrogens (tertiary/aromatic N) is 5. The van der Waals surface area contributed by atoms with Crippen LogP contribution in [0, 0.1) is 13.5 Å². The van der Waals surface area contributed by atoms with Crippen LogP contribution in [0.5, 0.6) is 0 Å². The Bertz CT molecular complexity index is 785. The zero-order valence-corrected chi connectivity index (χ0v) is 12.2. The first-order valence-corrected chi connectivity index (χ1v) is 6.92. The topological polar surface area (TPSA) is 38.3 Å². The third kappa shape index (κ3) is 2.96. The van der Waals surface area contributed by atoms with Crippen molar-refractivity contribution in [1.29, 1.82) is 0 Å². The van der Waals surface area contributed by atoms with Crippen molar-refractivity contribution in [1.82, 2.24) is 14.9 Å². The quantitative estimate of drug-likeness (QED) is 0.689. The third-order valence-corrected chi connectivity index (χ3v) is 3.38. The Hall–Kier alpha value is -3.13. The molecule has 0 radical (unpaired) electrons. The van der Waals surface area contributed by atoms with Gasteiger partial charge in [0.2, 0.25) is 0 Å². The molecule has 0 aliphatic rings. The molecule has 0 aliphatic heterocycles. The minimum absolute atomic E-state index is 0.628. The smallest absolute Gasteiger partial charge is 0.187 e. The Labute approximate surface area is 129 Å². The highest BCUT2D eigenvalue weighted by molar-refractivity contribution is 5.55. The predicted molar refractivity (Wildman–Crippen MR) is 85.5 cm³/mol. The fraction of sp³-hybridized carbons (Fsp3) is 0.118. The van der Waals surface area contributed by atoms with E-state index in [1.807, 2.05) is 28.9 Å². The van der Waals surface area contributed by atoms with Gasteiger partial charge in [-0.3, -0.25) is 5.01 Å². The van der Waals surface area contributed by atoms with Crippen molar-refractivity contribution in [3.63, 3.8) is 0 Å². The van der Waals surface area contributed by atoms with Crippen LogP contribution in [0.25, 0.3) is 4.85 Å². The van der Waals surface area contributed by atoms with Crippen LogP contribution in [-0.2, 0) is 6.54 Å². The number of hydrogen-bond donors (Lipinski definition) is 0. The maximum atomic E-state index is 7.05. The molecule has 0 saturated carbocycles. The van der Waals surface area contributed by atoms with Crippen molar-refractivity contribution in [3.05, 3.63) is 83.7 Å². The maximum absolute atomic E-state index is 7.05. The summed E-state index contributed by atoms with van der Waals surface area (Å²) in [5.41, 5.74) is 4.03. The molecule has 5 nitrogen and oxygen atoms in total. The van der Waals surface area contributed by atoms with E-state index in [0.717, 1.165) is 5.69 Å². The second-order valence-electron chi connectivity index (χ2n) is 5.02. The molecule has 0 saturated heterocycles. The molecule has 0 bridgehead atoms. The SMILES string of the molecule is [C-]#[N+]c1ccc(N(Cc2cccc(C)c2)n2cnnc2)cc1. The molecule has 3 aromatic rings. The molecule has 2 aromatic carbocycles. The van der Waals surface area contributed by atoms with Crippen LogP contribution in [-0.4, -0.2) is 14.9 Å². The van der Waals surface area contributed by atoms with Crippen LogP contribution >= 0.6 is 0 Å². The number of aromatic nitrogens is 3. The molecule has 0 unspecified atom stereocenters. The third-order valence-electron chi connectivity index (χ3n) is 3.38. The summed E-state index contributed by atoms with van der Waals surface area (Å²) in [6.07, 6.45) is 3.33. The van der Waals surface area contributed by atoms with Crippen molar-refractivity contribution >= 4 is 11.4 Å². The molecular formula is C17H15N5. The van der Waals surface area contributed by atoms with E-state index in [1.165, 1.54) is 11.1 Å². The Morgan fingerprint density at radius 1 is 1.09 bits per heavy atom. The minimum Gasteiger partial charge on any atom is -0.275 e. The fourth-order valence-electron chi connectivity index (χ4n) is 2.31. The van der Waals surface area contributed by atoms with Gasteiger partial charge < -0.3 is 0 Å². The predicted octanol–water partition coefficient (Wildman–Crippen LogP) is 3.61. The maximum Gasteiger partial charge on any atom is 0.187 e. The standard InChI is InChI=1S/C17H15N5/c1-14-4-3-5-15(10-14)11-22(21-12-19-20-13-21)17-8-6-16(18-2)7-9-17/h3-10,12-13H,11H2,1H3. The summed E-state index contributed by atoms with van der Waals surface area (Å²) in [5.74, 6) is 0. The number of hydrogen-bond acceptors (Lipinski definition) is 3. The Morgan fingerprint density at radius 2 is 1.82 bits per heavy atom. The van der Waals surface area contributed by atoms with Crippen LogP contribution in [0.4, 0.5) is 11.4 Å². The van der Waals surface area contributed by atoms with Crippen molar-refractivity contribution in [2.45, 2.75) is 13.5 Å². The van der Waals surface area contributed by atoms with Gasteiger partial charge in [-0.2, -0.15) is 0 Å². The van der Waals surface area contributed by atoms with Crippen LogP contribution in [0.2, 0.25) is 0 Å². The van der Waals surface area contributed by atoms with Crippen molar-refractivity contribution < 1.29 is 0 Å². The van der Waals surface area contributed by atoms with E-state index in [-0.39, 0.29) is 0 Å². The largest absolute Gasteiger partial charge is 0.275 e. The highest BCUT2D eigenvalue weighted by Gasteiger charge is 2.10. The first-order valence-electron chi connectivity index (χ1n) is 6.92. The first-order chi connectivity index (χ1) is 10.8. The summed E-state index contributed by atoms with van der Waals surface area (Å²) in [6, 6.07) is 15.9. The molecule has 0 fully saturated rings. The lowest BCUT2D eigenvalue weighted by molar-refractivity contribution is 0.685. The zero-order valence-electron chi connectivity index (χ0n) is 12.2. The summed E-state index contributed by atoms with van der Waals surface area (Å²) in [6.45, 7) is 9.82. The van der Waals surface area contributed by atoms with Crippen LogP contribution in [0.3, 0.4) is 0 Å².